The molecule has 0 saturated heterocycles. The molecular formula is C12H17N3O4. The number of aliphatic hydroxyl groups is 1. The molecule has 1 heterocycles. The number of hydrogen-bond acceptors (Lipinski definition) is 4. The highest BCUT2D eigenvalue weighted by atomic mass is 16.3. The Morgan fingerprint density at radius 1 is 1.21 bits per heavy atom. The summed E-state index contributed by atoms with van der Waals surface area (Å²) in [7, 11) is 0. The van der Waals surface area contributed by atoms with Gasteiger partial charge >= 0.3 is 5.69 Å². The SMILES string of the molecule is O=C(NC1CCCCCC1O)c1cc(=O)[nH]c(=O)[nH]1. The molecule has 1 amide bonds. The van der Waals surface area contributed by atoms with Crippen molar-refractivity contribution in [3.05, 3.63) is 32.6 Å². The molecule has 0 aromatic carbocycles. The molecule has 1 fully saturated rings. The van der Waals surface area contributed by atoms with Crippen LogP contribution in [-0.2, 0) is 0 Å². The summed E-state index contributed by atoms with van der Waals surface area (Å²) < 4.78 is 0. The summed E-state index contributed by atoms with van der Waals surface area (Å²) >= 11 is 0. The number of rotatable bonds is 2. The molecule has 1 aromatic heterocycles. The molecule has 0 bridgehead atoms. The van der Waals surface area contributed by atoms with Crippen molar-refractivity contribution in [1.29, 1.82) is 0 Å². The molecule has 1 aliphatic rings. The number of aromatic amines is 2. The Hall–Kier alpha value is -1.89. The van der Waals surface area contributed by atoms with Crippen LogP contribution in [0.1, 0.15) is 42.6 Å². The molecule has 19 heavy (non-hydrogen) atoms. The van der Waals surface area contributed by atoms with Gasteiger partial charge in [0.05, 0.1) is 12.1 Å². The van der Waals surface area contributed by atoms with Crippen LogP contribution in [0.4, 0.5) is 0 Å². The van der Waals surface area contributed by atoms with E-state index in [1.807, 2.05) is 4.98 Å². The van der Waals surface area contributed by atoms with Gasteiger partial charge in [0.2, 0.25) is 0 Å². The highest BCUT2D eigenvalue weighted by molar-refractivity contribution is 5.92. The lowest BCUT2D eigenvalue weighted by Crippen LogP contribution is -2.43. The average molecular weight is 267 g/mol. The molecule has 2 unspecified atom stereocenters. The number of hydrogen-bond donors (Lipinski definition) is 4. The zero-order valence-corrected chi connectivity index (χ0v) is 10.4. The van der Waals surface area contributed by atoms with E-state index in [9.17, 15) is 19.5 Å². The lowest BCUT2D eigenvalue weighted by Gasteiger charge is -2.21. The second-order valence-corrected chi connectivity index (χ2v) is 4.79. The minimum absolute atomic E-state index is 0.0924. The Balaban J connectivity index is 2.11. The van der Waals surface area contributed by atoms with Crippen molar-refractivity contribution < 1.29 is 9.90 Å². The first-order valence-electron chi connectivity index (χ1n) is 6.39. The van der Waals surface area contributed by atoms with E-state index in [1.165, 1.54) is 0 Å². The topological polar surface area (TPSA) is 115 Å². The summed E-state index contributed by atoms with van der Waals surface area (Å²) in [6.45, 7) is 0. The summed E-state index contributed by atoms with van der Waals surface area (Å²) in [6, 6.07) is 0.692. The van der Waals surface area contributed by atoms with Gasteiger partial charge in [0.25, 0.3) is 11.5 Å². The van der Waals surface area contributed by atoms with Gasteiger partial charge < -0.3 is 15.4 Å². The zero-order valence-electron chi connectivity index (χ0n) is 10.4. The van der Waals surface area contributed by atoms with Crippen LogP contribution in [0.25, 0.3) is 0 Å². The highest BCUT2D eigenvalue weighted by Crippen LogP contribution is 2.18. The smallest absolute Gasteiger partial charge is 0.326 e. The molecule has 4 N–H and O–H groups in total. The summed E-state index contributed by atoms with van der Waals surface area (Å²) in [5.41, 5.74) is -1.44. The van der Waals surface area contributed by atoms with Gasteiger partial charge in [-0.2, -0.15) is 0 Å². The van der Waals surface area contributed by atoms with E-state index in [-0.39, 0.29) is 11.7 Å². The van der Waals surface area contributed by atoms with Gasteiger partial charge in [-0.25, -0.2) is 4.79 Å². The maximum atomic E-state index is 11.9. The van der Waals surface area contributed by atoms with Crippen LogP contribution in [0.5, 0.6) is 0 Å². The average Bonchev–Trinajstić information content (AvgIpc) is 2.54. The highest BCUT2D eigenvalue weighted by Gasteiger charge is 2.23. The van der Waals surface area contributed by atoms with Crippen molar-refractivity contribution in [3.8, 4) is 0 Å². The van der Waals surface area contributed by atoms with Crippen molar-refractivity contribution in [2.75, 3.05) is 0 Å². The summed E-state index contributed by atoms with van der Waals surface area (Å²) in [5, 5.41) is 12.6. The molecule has 0 spiro atoms. The van der Waals surface area contributed by atoms with Crippen molar-refractivity contribution in [1.82, 2.24) is 15.3 Å². The Bertz CT molecular complexity index is 534. The number of nitrogens with one attached hydrogen (secondary N) is 3. The van der Waals surface area contributed by atoms with Gasteiger partial charge in [-0.15, -0.1) is 0 Å². The molecule has 1 aromatic rings. The van der Waals surface area contributed by atoms with Crippen molar-refractivity contribution in [2.45, 2.75) is 44.2 Å². The maximum Gasteiger partial charge on any atom is 0.326 e. The Morgan fingerprint density at radius 3 is 2.68 bits per heavy atom. The molecule has 7 heteroatoms. The first kappa shape index (κ1) is 13.5. The predicted octanol–water partition coefficient (Wildman–Crippen LogP) is -0.513. The fourth-order valence-electron chi connectivity index (χ4n) is 2.29. The molecule has 0 aliphatic heterocycles. The number of aliphatic hydroxyl groups excluding tert-OH is 1. The van der Waals surface area contributed by atoms with E-state index in [0.29, 0.717) is 12.8 Å². The Labute approximate surface area is 109 Å². The van der Waals surface area contributed by atoms with Crippen molar-refractivity contribution in [3.63, 3.8) is 0 Å². The van der Waals surface area contributed by atoms with Crippen LogP contribution in [0.3, 0.4) is 0 Å². The van der Waals surface area contributed by atoms with E-state index < -0.39 is 23.3 Å². The molecule has 104 valence electrons. The quantitative estimate of drug-likeness (QED) is 0.540. The standard InChI is InChI=1S/C12H17N3O4/c16-9-5-3-1-2-4-7(9)13-11(18)8-6-10(17)15-12(19)14-8/h6-7,9,16H,1-5H2,(H,13,18)(H2,14,15,17,19). The lowest BCUT2D eigenvalue weighted by atomic mass is 10.1. The summed E-state index contributed by atoms with van der Waals surface area (Å²) in [5.74, 6) is -0.547. The van der Waals surface area contributed by atoms with Crippen LogP contribution >= 0.6 is 0 Å². The first-order chi connectivity index (χ1) is 9.06. The van der Waals surface area contributed by atoms with E-state index in [2.05, 4.69) is 10.3 Å². The van der Waals surface area contributed by atoms with E-state index in [4.69, 9.17) is 0 Å². The van der Waals surface area contributed by atoms with Crippen LogP contribution in [0.15, 0.2) is 15.7 Å². The lowest BCUT2D eigenvalue weighted by molar-refractivity contribution is 0.0813. The fraction of sp³-hybridized carbons (Fsp3) is 0.583. The third-order valence-electron chi connectivity index (χ3n) is 3.30. The minimum Gasteiger partial charge on any atom is -0.391 e. The van der Waals surface area contributed by atoms with Gasteiger partial charge in [0.1, 0.15) is 5.69 Å². The number of amides is 1. The number of carbonyl (C=O) groups is 1. The summed E-state index contributed by atoms with van der Waals surface area (Å²) in [6.07, 6.45) is 3.67. The normalized spacial score (nSPS) is 23.6. The molecular weight excluding hydrogens is 250 g/mol. The second kappa shape index (κ2) is 5.83. The van der Waals surface area contributed by atoms with Gasteiger partial charge in [-0.3, -0.25) is 14.6 Å². The zero-order chi connectivity index (χ0) is 13.8. The van der Waals surface area contributed by atoms with Crippen LogP contribution in [0, 0.1) is 0 Å². The first-order valence-corrected chi connectivity index (χ1v) is 6.39. The second-order valence-electron chi connectivity index (χ2n) is 4.79. The number of aromatic nitrogens is 2. The summed E-state index contributed by atoms with van der Waals surface area (Å²) in [4.78, 5) is 38.4. The number of carbonyl (C=O) groups excluding carboxylic acids is 1. The molecule has 2 atom stereocenters. The molecule has 1 aliphatic carbocycles. The molecule has 7 nitrogen and oxygen atoms in total. The fourth-order valence-corrected chi connectivity index (χ4v) is 2.29. The minimum atomic E-state index is -0.723. The number of H-pyrrole nitrogens is 2. The third-order valence-corrected chi connectivity index (χ3v) is 3.30. The monoisotopic (exact) mass is 267 g/mol. The molecule has 1 saturated carbocycles. The van der Waals surface area contributed by atoms with Gasteiger partial charge in [0.15, 0.2) is 0 Å². The van der Waals surface area contributed by atoms with Crippen molar-refractivity contribution in [2.24, 2.45) is 0 Å². The van der Waals surface area contributed by atoms with E-state index in [0.717, 1.165) is 25.3 Å². The van der Waals surface area contributed by atoms with Crippen LogP contribution in [0.2, 0.25) is 0 Å². The van der Waals surface area contributed by atoms with Crippen molar-refractivity contribution >= 4 is 5.91 Å². The largest absolute Gasteiger partial charge is 0.391 e. The van der Waals surface area contributed by atoms with E-state index >= 15 is 0 Å². The molecule has 0 radical (unpaired) electrons. The predicted molar refractivity (Wildman–Crippen MR) is 68.0 cm³/mol. The molecule has 2 rings (SSSR count). The van der Waals surface area contributed by atoms with Gasteiger partial charge in [0, 0.05) is 6.07 Å². The third kappa shape index (κ3) is 3.54. The van der Waals surface area contributed by atoms with E-state index in [1.54, 1.807) is 0 Å². The maximum absolute atomic E-state index is 11.9. The Kier molecular flexibility index (Phi) is 4.16. The van der Waals surface area contributed by atoms with Crippen LogP contribution in [-0.4, -0.2) is 33.1 Å². The Morgan fingerprint density at radius 2 is 1.95 bits per heavy atom. The van der Waals surface area contributed by atoms with Crippen LogP contribution < -0.4 is 16.6 Å². The van der Waals surface area contributed by atoms with Gasteiger partial charge in [-0.05, 0) is 12.8 Å². The van der Waals surface area contributed by atoms with Gasteiger partial charge in [-0.1, -0.05) is 19.3 Å².